The molecule has 2 saturated carbocycles. The Hall–Kier alpha value is -1.75. The normalized spacial score (nSPS) is 31.4. The van der Waals surface area contributed by atoms with Gasteiger partial charge in [0.05, 0.1) is 11.8 Å². The molecule has 134 valence electrons. The predicted molar refractivity (Wildman–Crippen MR) is 95.7 cm³/mol. The summed E-state index contributed by atoms with van der Waals surface area (Å²) in [7, 11) is 0. The van der Waals surface area contributed by atoms with E-state index in [0.717, 1.165) is 38.0 Å². The van der Waals surface area contributed by atoms with E-state index in [9.17, 15) is 14.7 Å². The lowest BCUT2D eigenvalue weighted by Gasteiger charge is -2.39. The number of amides is 1. The monoisotopic (exact) mass is 362 g/mol. The number of carboxylic acids is 1. The highest BCUT2D eigenvalue weighted by molar-refractivity contribution is 6.30. The highest BCUT2D eigenvalue weighted by Gasteiger charge is 2.54. The minimum Gasteiger partial charge on any atom is -0.481 e. The third-order valence-corrected chi connectivity index (χ3v) is 6.49. The highest BCUT2D eigenvalue weighted by atomic mass is 35.5. The van der Waals surface area contributed by atoms with E-state index in [0.29, 0.717) is 18.1 Å². The summed E-state index contributed by atoms with van der Waals surface area (Å²) in [5.41, 5.74) is 1.07. The topological polar surface area (TPSA) is 60.9 Å². The van der Waals surface area contributed by atoms with E-state index in [-0.39, 0.29) is 23.7 Å². The van der Waals surface area contributed by atoms with Crippen LogP contribution in [0.1, 0.15) is 19.3 Å². The molecule has 3 fully saturated rings. The van der Waals surface area contributed by atoms with Gasteiger partial charge in [0.15, 0.2) is 0 Å². The first-order chi connectivity index (χ1) is 12.0. The average molecular weight is 363 g/mol. The number of halogens is 1. The Morgan fingerprint density at radius 3 is 2.36 bits per heavy atom. The highest BCUT2D eigenvalue weighted by Crippen LogP contribution is 2.53. The number of benzene rings is 1. The van der Waals surface area contributed by atoms with Gasteiger partial charge < -0.3 is 14.9 Å². The Labute approximate surface area is 152 Å². The summed E-state index contributed by atoms with van der Waals surface area (Å²) in [4.78, 5) is 28.8. The van der Waals surface area contributed by atoms with Crippen molar-refractivity contribution in [3.8, 4) is 0 Å². The van der Waals surface area contributed by atoms with Crippen LogP contribution in [-0.4, -0.2) is 48.1 Å². The van der Waals surface area contributed by atoms with E-state index in [1.54, 1.807) is 0 Å². The van der Waals surface area contributed by atoms with Gasteiger partial charge in [-0.15, -0.1) is 0 Å². The van der Waals surface area contributed by atoms with Crippen LogP contribution in [0.15, 0.2) is 24.3 Å². The zero-order valence-corrected chi connectivity index (χ0v) is 14.9. The van der Waals surface area contributed by atoms with Crippen LogP contribution in [-0.2, 0) is 9.59 Å². The van der Waals surface area contributed by atoms with Crippen LogP contribution in [0.3, 0.4) is 0 Å². The first-order valence-electron chi connectivity index (χ1n) is 9.06. The molecule has 2 aliphatic carbocycles. The predicted octanol–water partition coefficient (Wildman–Crippen LogP) is 2.74. The zero-order valence-electron chi connectivity index (χ0n) is 14.1. The molecular formula is C19H23ClN2O3. The van der Waals surface area contributed by atoms with Crippen molar-refractivity contribution in [2.45, 2.75) is 19.3 Å². The van der Waals surface area contributed by atoms with Gasteiger partial charge in [-0.25, -0.2) is 0 Å². The van der Waals surface area contributed by atoms with Gasteiger partial charge in [-0.3, -0.25) is 9.59 Å². The van der Waals surface area contributed by atoms with Gasteiger partial charge in [-0.1, -0.05) is 17.7 Å². The molecule has 1 heterocycles. The van der Waals surface area contributed by atoms with Gasteiger partial charge in [0, 0.05) is 36.9 Å². The van der Waals surface area contributed by atoms with Crippen LogP contribution < -0.4 is 4.90 Å². The van der Waals surface area contributed by atoms with Gasteiger partial charge in [0.25, 0.3) is 0 Å². The molecule has 0 radical (unpaired) electrons. The fourth-order valence-corrected chi connectivity index (χ4v) is 5.26. The maximum absolute atomic E-state index is 13.0. The summed E-state index contributed by atoms with van der Waals surface area (Å²) < 4.78 is 0. The minimum absolute atomic E-state index is 0.0605. The summed E-state index contributed by atoms with van der Waals surface area (Å²) in [6.45, 7) is 2.80. The van der Waals surface area contributed by atoms with E-state index in [4.69, 9.17) is 11.6 Å². The summed E-state index contributed by atoms with van der Waals surface area (Å²) >= 11 is 6.06. The Kier molecular flexibility index (Phi) is 4.36. The fourth-order valence-electron chi connectivity index (χ4n) is 5.07. The molecule has 5 nitrogen and oxygen atoms in total. The zero-order chi connectivity index (χ0) is 17.6. The van der Waals surface area contributed by atoms with Gasteiger partial charge in [-0.2, -0.15) is 0 Å². The van der Waals surface area contributed by atoms with Crippen molar-refractivity contribution in [1.29, 1.82) is 0 Å². The standard InChI is InChI=1S/C19H23ClN2O3/c20-14-2-1-3-15(11-14)21-6-8-22(9-7-21)18(23)16-12-4-5-13(10-12)17(16)19(24)25/h1-3,11-13,16-17H,4-10H2,(H,24,25)/t12-,13+,16-,17+/m1/s1. The molecular weight excluding hydrogens is 340 g/mol. The quantitative estimate of drug-likeness (QED) is 0.898. The first kappa shape index (κ1) is 16.7. The third kappa shape index (κ3) is 2.99. The van der Waals surface area contributed by atoms with Crippen molar-refractivity contribution in [2.75, 3.05) is 31.1 Å². The molecule has 1 saturated heterocycles. The summed E-state index contributed by atoms with van der Waals surface area (Å²) in [5.74, 6) is -1.05. The van der Waals surface area contributed by atoms with E-state index in [1.807, 2.05) is 29.2 Å². The number of hydrogen-bond donors (Lipinski definition) is 1. The van der Waals surface area contributed by atoms with E-state index < -0.39 is 11.9 Å². The maximum Gasteiger partial charge on any atom is 0.307 e. The first-order valence-corrected chi connectivity index (χ1v) is 9.44. The van der Waals surface area contributed by atoms with Crippen molar-refractivity contribution in [3.63, 3.8) is 0 Å². The van der Waals surface area contributed by atoms with E-state index in [1.165, 1.54) is 0 Å². The Bertz CT molecular complexity index is 687. The number of rotatable bonds is 3. The lowest BCUT2D eigenvalue weighted by Crippen LogP contribution is -2.52. The Morgan fingerprint density at radius 1 is 1.04 bits per heavy atom. The molecule has 25 heavy (non-hydrogen) atoms. The van der Waals surface area contributed by atoms with Crippen LogP contribution in [0.4, 0.5) is 5.69 Å². The summed E-state index contributed by atoms with van der Waals surface area (Å²) in [6.07, 6.45) is 2.89. The second-order valence-electron chi connectivity index (χ2n) is 7.52. The van der Waals surface area contributed by atoms with Gasteiger partial charge >= 0.3 is 5.97 Å². The maximum atomic E-state index is 13.0. The van der Waals surface area contributed by atoms with Crippen LogP contribution in [0, 0.1) is 23.7 Å². The van der Waals surface area contributed by atoms with Crippen molar-refractivity contribution < 1.29 is 14.7 Å². The molecule has 4 atom stereocenters. The SMILES string of the molecule is O=C(O)[C@H]1[C@H]2CC[C@H](C2)[C@H]1C(=O)N1CCN(c2cccc(Cl)c2)CC1. The third-order valence-electron chi connectivity index (χ3n) is 6.25. The molecule has 3 aliphatic rings. The number of carboxylic acid groups (broad SMARTS) is 1. The smallest absolute Gasteiger partial charge is 0.307 e. The van der Waals surface area contributed by atoms with Crippen molar-refractivity contribution in [1.82, 2.24) is 4.90 Å². The molecule has 0 spiro atoms. The van der Waals surface area contributed by atoms with Crippen LogP contribution in [0.5, 0.6) is 0 Å². The summed E-state index contributed by atoms with van der Waals surface area (Å²) in [6, 6.07) is 7.75. The molecule has 0 unspecified atom stereocenters. The number of aliphatic carboxylic acids is 1. The minimum atomic E-state index is -0.789. The number of piperazine rings is 1. The van der Waals surface area contributed by atoms with Crippen LogP contribution >= 0.6 is 11.6 Å². The molecule has 1 amide bonds. The molecule has 2 bridgehead atoms. The van der Waals surface area contributed by atoms with Crippen LogP contribution in [0.2, 0.25) is 5.02 Å². The molecule has 1 aliphatic heterocycles. The largest absolute Gasteiger partial charge is 0.481 e. The Balaban J connectivity index is 1.42. The number of hydrogen-bond acceptors (Lipinski definition) is 3. The summed E-state index contributed by atoms with van der Waals surface area (Å²) in [5, 5.41) is 10.3. The van der Waals surface area contributed by atoms with Crippen LogP contribution in [0.25, 0.3) is 0 Å². The number of fused-ring (bicyclic) bond motifs is 2. The molecule has 1 aromatic carbocycles. The van der Waals surface area contributed by atoms with E-state index >= 15 is 0 Å². The number of nitrogens with zero attached hydrogens (tertiary/aromatic N) is 2. The lowest BCUT2D eigenvalue weighted by atomic mass is 9.78. The second kappa shape index (κ2) is 6.52. The fraction of sp³-hybridized carbons (Fsp3) is 0.579. The molecule has 0 aromatic heterocycles. The molecule has 4 rings (SSSR count). The molecule has 1 aromatic rings. The molecule has 1 N–H and O–H groups in total. The lowest BCUT2D eigenvalue weighted by molar-refractivity contribution is -0.153. The average Bonchev–Trinajstić information content (AvgIpc) is 3.22. The molecule has 6 heteroatoms. The number of anilines is 1. The number of carbonyl (C=O) groups excluding carboxylic acids is 1. The van der Waals surface area contributed by atoms with Crippen molar-refractivity contribution in [2.24, 2.45) is 23.7 Å². The van der Waals surface area contributed by atoms with E-state index in [2.05, 4.69) is 4.90 Å². The number of carbonyl (C=O) groups is 2. The van der Waals surface area contributed by atoms with Gasteiger partial charge in [-0.05, 0) is 49.3 Å². The Morgan fingerprint density at radius 2 is 1.72 bits per heavy atom. The van der Waals surface area contributed by atoms with Crippen molar-refractivity contribution in [3.05, 3.63) is 29.3 Å². The van der Waals surface area contributed by atoms with Gasteiger partial charge in [0.1, 0.15) is 0 Å². The van der Waals surface area contributed by atoms with Gasteiger partial charge in [0.2, 0.25) is 5.91 Å². The van der Waals surface area contributed by atoms with Crippen molar-refractivity contribution >= 4 is 29.2 Å². The second-order valence-corrected chi connectivity index (χ2v) is 7.95.